The third-order valence-electron chi connectivity index (χ3n) is 11.2. The lowest BCUT2D eigenvalue weighted by atomic mass is 9.70. The summed E-state index contributed by atoms with van der Waals surface area (Å²) in [6.07, 6.45) is 0. The van der Waals surface area contributed by atoms with Crippen molar-refractivity contribution in [1.82, 2.24) is 4.57 Å². The highest BCUT2D eigenvalue weighted by Crippen LogP contribution is 2.63. The van der Waals surface area contributed by atoms with Crippen LogP contribution in [-0.2, 0) is 5.41 Å². The Morgan fingerprint density at radius 1 is 0.333 bits per heavy atom. The molecule has 51 heavy (non-hydrogen) atoms. The summed E-state index contributed by atoms with van der Waals surface area (Å²) in [4.78, 5) is 2.35. The lowest BCUT2D eigenvalue weighted by Crippen LogP contribution is -2.25. The minimum atomic E-state index is -0.383. The van der Waals surface area contributed by atoms with Crippen molar-refractivity contribution in [2.75, 3.05) is 4.90 Å². The van der Waals surface area contributed by atoms with Gasteiger partial charge in [0.15, 0.2) is 0 Å². The molecular formula is C49H32N2. The maximum absolute atomic E-state index is 2.52. The molecule has 2 aliphatic carbocycles. The summed E-state index contributed by atoms with van der Waals surface area (Å²) < 4.78 is 2.47. The molecule has 0 saturated heterocycles. The van der Waals surface area contributed by atoms with Crippen LogP contribution in [0.1, 0.15) is 22.3 Å². The average molecular weight is 649 g/mol. The van der Waals surface area contributed by atoms with Gasteiger partial charge in [0.2, 0.25) is 0 Å². The van der Waals surface area contributed by atoms with Gasteiger partial charge in [-0.2, -0.15) is 0 Å². The van der Waals surface area contributed by atoms with Gasteiger partial charge in [-0.15, -0.1) is 0 Å². The molecule has 1 aromatic heterocycles. The van der Waals surface area contributed by atoms with E-state index in [0.717, 1.165) is 22.7 Å². The van der Waals surface area contributed by atoms with Crippen molar-refractivity contribution >= 4 is 38.9 Å². The van der Waals surface area contributed by atoms with E-state index in [0.29, 0.717) is 0 Å². The fourth-order valence-electron chi connectivity index (χ4n) is 9.19. The Hall–Kier alpha value is -6.64. The first-order chi connectivity index (χ1) is 25.3. The van der Waals surface area contributed by atoms with Gasteiger partial charge in [-0.3, -0.25) is 0 Å². The average Bonchev–Trinajstić information content (AvgIpc) is 3.79. The zero-order valence-corrected chi connectivity index (χ0v) is 27.9. The van der Waals surface area contributed by atoms with E-state index in [1.165, 1.54) is 66.3 Å². The monoisotopic (exact) mass is 648 g/mol. The zero-order chi connectivity index (χ0) is 33.5. The van der Waals surface area contributed by atoms with Crippen molar-refractivity contribution in [3.8, 4) is 27.9 Å². The maximum atomic E-state index is 2.52. The van der Waals surface area contributed by atoms with Gasteiger partial charge < -0.3 is 9.47 Å². The first kappa shape index (κ1) is 28.2. The predicted molar refractivity (Wildman–Crippen MR) is 212 cm³/mol. The second kappa shape index (κ2) is 10.7. The van der Waals surface area contributed by atoms with Crippen LogP contribution in [-0.4, -0.2) is 4.57 Å². The highest BCUT2D eigenvalue weighted by molar-refractivity contribution is 6.13. The van der Waals surface area contributed by atoms with Gasteiger partial charge in [0.05, 0.1) is 16.4 Å². The minimum Gasteiger partial charge on any atom is -0.310 e. The van der Waals surface area contributed by atoms with E-state index in [9.17, 15) is 0 Å². The van der Waals surface area contributed by atoms with Crippen LogP contribution in [0.15, 0.2) is 194 Å². The number of rotatable bonds is 4. The quantitative estimate of drug-likeness (QED) is 0.184. The molecule has 8 aromatic carbocycles. The molecule has 9 aromatic rings. The van der Waals surface area contributed by atoms with Crippen LogP contribution in [0.4, 0.5) is 17.1 Å². The van der Waals surface area contributed by atoms with Crippen LogP contribution in [0.2, 0.25) is 0 Å². The molecule has 2 heteroatoms. The van der Waals surface area contributed by atoms with E-state index in [1.807, 2.05) is 0 Å². The molecule has 0 saturated carbocycles. The number of nitrogens with zero attached hydrogens (tertiary/aromatic N) is 2. The van der Waals surface area contributed by atoms with E-state index < -0.39 is 0 Å². The predicted octanol–water partition coefficient (Wildman–Crippen LogP) is 12.6. The fourth-order valence-corrected chi connectivity index (χ4v) is 9.19. The lowest BCUT2D eigenvalue weighted by molar-refractivity contribution is 0.795. The topological polar surface area (TPSA) is 8.17 Å². The molecule has 11 rings (SSSR count). The summed E-state index contributed by atoms with van der Waals surface area (Å²) in [6, 6.07) is 71.3. The molecule has 2 aliphatic rings. The Labute approximate surface area is 297 Å². The summed E-state index contributed by atoms with van der Waals surface area (Å²) in [7, 11) is 0. The SMILES string of the molecule is c1ccc(N(c2ccccc2)c2ccc3c4cc5c(cc4n(-c4ccccc4)c3c2)-c2ccccc2C52c3ccccc3-c3ccccc32)cc1. The van der Waals surface area contributed by atoms with Gasteiger partial charge >= 0.3 is 0 Å². The van der Waals surface area contributed by atoms with E-state index in [4.69, 9.17) is 0 Å². The van der Waals surface area contributed by atoms with Gasteiger partial charge in [-0.25, -0.2) is 0 Å². The number of hydrogen-bond acceptors (Lipinski definition) is 1. The van der Waals surface area contributed by atoms with Gasteiger partial charge in [-0.05, 0) is 105 Å². The van der Waals surface area contributed by atoms with E-state index in [-0.39, 0.29) is 5.41 Å². The molecule has 0 fully saturated rings. The summed E-state index contributed by atoms with van der Waals surface area (Å²) in [5, 5.41) is 2.51. The zero-order valence-electron chi connectivity index (χ0n) is 27.9. The van der Waals surface area contributed by atoms with Crippen molar-refractivity contribution in [2.45, 2.75) is 5.41 Å². The molecule has 0 aliphatic heterocycles. The Morgan fingerprint density at radius 3 is 1.37 bits per heavy atom. The third-order valence-corrected chi connectivity index (χ3v) is 11.2. The number of benzene rings is 8. The molecular weight excluding hydrogens is 617 g/mol. The lowest BCUT2D eigenvalue weighted by Gasteiger charge is -2.30. The molecule has 0 unspecified atom stereocenters. The smallest absolute Gasteiger partial charge is 0.0725 e. The maximum Gasteiger partial charge on any atom is 0.0725 e. The van der Waals surface area contributed by atoms with Gasteiger partial charge in [0.25, 0.3) is 0 Å². The number of fused-ring (bicyclic) bond motifs is 13. The van der Waals surface area contributed by atoms with Crippen LogP contribution in [0.3, 0.4) is 0 Å². The molecule has 1 heterocycles. The van der Waals surface area contributed by atoms with E-state index in [2.05, 4.69) is 204 Å². The molecule has 1 spiro atoms. The largest absolute Gasteiger partial charge is 0.310 e. The summed E-state index contributed by atoms with van der Waals surface area (Å²) in [6.45, 7) is 0. The van der Waals surface area contributed by atoms with Crippen LogP contribution in [0.5, 0.6) is 0 Å². The molecule has 0 bridgehead atoms. The fraction of sp³-hybridized carbons (Fsp3) is 0.0204. The first-order valence-corrected chi connectivity index (χ1v) is 17.7. The summed E-state index contributed by atoms with van der Waals surface area (Å²) in [5.41, 5.74) is 17.3. The molecule has 0 radical (unpaired) electrons. The van der Waals surface area contributed by atoms with Crippen molar-refractivity contribution in [2.24, 2.45) is 0 Å². The Balaban J connectivity index is 1.24. The normalized spacial score (nSPS) is 13.3. The Bertz CT molecular complexity index is 2710. The Kier molecular flexibility index (Phi) is 5.91. The van der Waals surface area contributed by atoms with Crippen molar-refractivity contribution in [1.29, 1.82) is 0 Å². The highest BCUT2D eigenvalue weighted by atomic mass is 15.1. The molecule has 2 nitrogen and oxygen atoms in total. The number of hydrogen-bond donors (Lipinski definition) is 0. The van der Waals surface area contributed by atoms with Crippen LogP contribution in [0, 0.1) is 0 Å². The van der Waals surface area contributed by atoms with Gasteiger partial charge in [0.1, 0.15) is 0 Å². The molecule has 0 atom stereocenters. The van der Waals surface area contributed by atoms with Crippen LogP contribution < -0.4 is 4.90 Å². The van der Waals surface area contributed by atoms with E-state index in [1.54, 1.807) is 0 Å². The van der Waals surface area contributed by atoms with Crippen molar-refractivity contribution < 1.29 is 0 Å². The van der Waals surface area contributed by atoms with Gasteiger partial charge in [-0.1, -0.05) is 133 Å². The number of anilines is 3. The van der Waals surface area contributed by atoms with Crippen LogP contribution in [0.25, 0.3) is 49.7 Å². The highest BCUT2D eigenvalue weighted by Gasteiger charge is 2.51. The van der Waals surface area contributed by atoms with Crippen molar-refractivity contribution in [3.63, 3.8) is 0 Å². The number of para-hydroxylation sites is 3. The summed E-state index contributed by atoms with van der Waals surface area (Å²) >= 11 is 0. The van der Waals surface area contributed by atoms with E-state index >= 15 is 0 Å². The van der Waals surface area contributed by atoms with Crippen molar-refractivity contribution in [3.05, 3.63) is 216 Å². The second-order valence-electron chi connectivity index (χ2n) is 13.7. The standard InChI is InChI=1S/C49H32N2/c1-4-16-33(17-5-1)50(34-18-6-2-7-19-34)36-28-29-40-42-31-46-41(32-48(42)51(47(40)30-36)35-20-8-3-9-21-35)39-24-12-15-27-45(39)49(46)43-25-13-10-22-37(43)38-23-11-14-26-44(38)49/h1-32H. The molecule has 0 amide bonds. The second-order valence-corrected chi connectivity index (χ2v) is 13.7. The molecule has 0 N–H and O–H groups in total. The minimum absolute atomic E-state index is 0.383. The Morgan fingerprint density at radius 2 is 0.804 bits per heavy atom. The summed E-state index contributed by atoms with van der Waals surface area (Å²) in [5.74, 6) is 0. The molecule has 238 valence electrons. The first-order valence-electron chi connectivity index (χ1n) is 17.7. The third kappa shape index (κ3) is 3.82. The number of aromatic nitrogens is 1. The van der Waals surface area contributed by atoms with Crippen LogP contribution >= 0.6 is 0 Å². The van der Waals surface area contributed by atoms with Gasteiger partial charge in [0, 0.05) is 33.5 Å².